The van der Waals surface area contributed by atoms with Gasteiger partial charge in [-0.05, 0) is 19.9 Å². The maximum Gasteiger partial charge on any atom is 0.317 e. The summed E-state index contributed by atoms with van der Waals surface area (Å²) in [4.78, 5) is 8.11. The number of nitrogen functional groups attached to an aromatic ring is 1. The molecule has 0 aromatic carbocycles. The summed E-state index contributed by atoms with van der Waals surface area (Å²) in [7, 11) is 1.60. The Hall–Kier alpha value is -1.69. The van der Waals surface area contributed by atoms with Crippen LogP contribution in [0.3, 0.4) is 0 Å². The van der Waals surface area contributed by atoms with Crippen molar-refractivity contribution in [2.45, 2.75) is 20.0 Å². The molecule has 0 radical (unpaired) electrons. The molecule has 6 nitrogen and oxygen atoms in total. The number of rotatable bonds is 5. The van der Waals surface area contributed by atoms with Crippen molar-refractivity contribution in [3.8, 4) is 6.01 Å². The maximum atomic E-state index is 7.30. The summed E-state index contributed by atoms with van der Waals surface area (Å²) in [6, 6.07) is 1.85. The fraction of sp³-hybridized carbons (Fsp3) is 0.500. The smallest absolute Gasteiger partial charge is 0.317 e. The van der Waals surface area contributed by atoms with Gasteiger partial charge in [-0.1, -0.05) is 0 Å². The molecule has 0 fully saturated rings. The Morgan fingerprint density at radius 1 is 1.56 bits per heavy atom. The molecular formula is C10H16N4O2. The summed E-state index contributed by atoms with van der Waals surface area (Å²) in [5.41, 5.74) is 6.43. The third-order valence-electron chi connectivity index (χ3n) is 1.82. The number of nitrogens with two attached hydrogens (primary N) is 1. The second kappa shape index (κ2) is 5.41. The number of nitrogens with zero attached hydrogens (tertiary/aromatic N) is 2. The Morgan fingerprint density at radius 3 is 2.81 bits per heavy atom. The standard InChI is InChI=1S/C10H16N4O2/c1-6-4-8(9(11)12)14-10(13-6)16-7(2)5-15-3/h4,7H,5H2,1-3H3,(H3,11,12). The molecule has 88 valence electrons. The predicted molar refractivity (Wildman–Crippen MR) is 59.8 cm³/mol. The number of ether oxygens (including phenoxy) is 2. The molecule has 0 amide bonds. The van der Waals surface area contributed by atoms with Gasteiger partial charge in [-0.15, -0.1) is 0 Å². The number of aryl methyl sites for hydroxylation is 1. The number of hydrogen-bond acceptors (Lipinski definition) is 5. The number of methoxy groups -OCH3 is 1. The van der Waals surface area contributed by atoms with Crippen LogP contribution in [0.4, 0.5) is 0 Å². The summed E-state index contributed by atoms with van der Waals surface area (Å²) in [5, 5.41) is 7.30. The summed E-state index contributed by atoms with van der Waals surface area (Å²) < 4.78 is 10.4. The lowest BCUT2D eigenvalue weighted by Gasteiger charge is -2.12. The fourth-order valence-corrected chi connectivity index (χ4v) is 1.18. The van der Waals surface area contributed by atoms with E-state index in [0.717, 1.165) is 0 Å². The highest BCUT2D eigenvalue weighted by molar-refractivity contribution is 5.93. The van der Waals surface area contributed by atoms with Gasteiger partial charge < -0.3 is 15.2 Å². The number of amidine groups is 1. The quantitative estimate of drug-likeness (QED) is 0.560. The van der Waals surface area contributed by atoms with Gasteiger partial charge in [0.15, 0.2) is 0 Å². The summed E-state index contributed by atoms with van der Waals surface area (Å²) in [6.45, 7) is 4.09. The number of hydrogen-bond donors (Lipinski definition) is 2. The summed E-state index contributed by atoms with van der Waals surface area (Å²) >= 11 is 0. The monoisotopic (exact) mass is 224 g/mol. The van der Waals surface area contributed by atoms with Crippen molar-refractivity contribution in [1.29, 1.82) is 5.41 Å². The zero-order chi connectivity index (χ0) is 12.1. The van der Waals surface area contributed by atoms with Crippen molar-refractivity contribution in [3.63, 3.8) is 0 Å². The topological polar surface area (TPSA) is 94.1 Å². The second-order valence-electron chi connectivity index (χ2n) is 3.47. The molecule has 0 spiro atoms. The minimum Gasteiger partial charge on any atom is -0.458 e. The van der Waals surface area contributed by atoms with Gasteiger partial charge in [-0.25, -0.2) is 4.98 Å². The molecule has 3 N–H and O–H groups in total. The lowest BCUT2D eigenvalue weighted by molar-refractivity contribution is 0.0853. The van der Waals surface area contributed by atoms with E-state index < -0.39 is 0 Å². The van der Waals surface area contributed by atoms with E-state index in [2.05, 4.69) is 9.97 Å². The van der Waals surface area contributed by atoms with Gasteiger partial charge in [-0.2, -0.15) is 4.98 Å². The third-order valence-corrected chi connectivity index (χ3v) is 1.82. The van der Waals surface area contributed by atoms with Crippen LogP contribution in [0.1, 0.15) is 18.3 Å². The Bertz CT molecular complexity index is 381. The van der Waals surface area contributed by atoms with E-state index in [1.165, 1.54) is 0 Å². The van der Waals surface area contributed by atoms with Crippen molar-refractivity contribution < 1.29 is 9.47 Å². The average Bonchev–Trinajstić information content (AvgIpc) is 2.16. The molecule has 0 saturated carbocycles. The minimum atomic E-state index is -0.147. The SMILES string of the molecule is COCC(C)Oc1nc(C)cc(C(=N)N)n1. The van der Waals surface area contributed by atoms with Gasteiger partial charge in [-0.3, -0.25) is 5.41 Å². The highest BCUT2D eigenvalue weighted by Gasteiger charge is 2.09. The largest absolute Gasteiger partial charge is 0.458 e. The van der Waals surface area contributed by atoms with Crippen LogP contribution in [-0.4, -0.2) is 35.6 Å². The fourth-order valence-electron chi connectivity index (χ4n) is 1.18. The van der Waals surface area contributed by atoms with Gasteiger partial charge in [0.1, 0.15) is 17.6 Å². The van der Waals surface area contributed by atoms with Gasteiger partial charge in [0.2, 0.25) is 0 Å². The molecule has 1 aromatic heterocycles. The van der Waals surface area contributed by atoms with Crippen LogP contribution in [0.5, 0.6) is 6.01 Å². The Balaban J connectivity index is 2.84. The molecule has 0 bridgehead atoms. The number of aromatic nitrogens is 2. The maximum absolute atomic E-state index is 7.30. The zero-order valence-electron chi connectivity index (χ0n) is 9.65. The zero-order valence-corrected chi connectivity index (χ0v) is 9.65. The first-order chi connectivity index (χ1) is 7.52. The predicted octanol–water partition coefficient (Wildman–Crippen LogP) is 0.483. The molecular weight excluding hydrogens is 208 g/mol. The van der Waals surface area contributed by atoms with Crippen LogP contribution in [-0.2, 0) is 4.74 Å². The van der Waals surface area contributed by atoms with E-state index in [1.807, 2.05) is 6.92 Å². The van der Waals surface area contributed by atoms with Crippen LogP contribution in [0.15, 0.2) is 6.07 Å². The van der Waals surface area contributed by atoms with E-state index in [-0.39, 0.29) is 18.0 Å². The first-order valence-corrected chi connectivity index (χ1v) is 4.88. The van der Waals surface area contributed by atoms with E-state index in [1.54, 1.807) is 20.1 Å². The first kappa shape index (κ1) is 12.4. The van der Waals surface area contributed by atoms with Gasteiger partial charge >= 0.3 is 6.01 Å². The van der Waals surface area contributed by atoms with E-state index >= 15 is 0 Å². The molecule has 0 aliphatic carbocycles. The second-order valence-corrected chi connectivity index (χ2v) is 3.47. The van der Waals surface area contributed by atoms with Crippen molar-refractivity contribution in [1.82, 2.24) is 9.97 Å². The van der Waals surface area contributed by atoms with Crippen LogP contribution in [0.2, 0.25) is 0 Å². The molecule has 6 heteroatoms. The average molecular weight is 224 g/mol. The van der Waals surface area contributed by atoms with Crippen LogP contribution in [0.25, 0.3) is 0 Å². The molecule has 1 heterocycles. The normalized spacial score (nSPS) is 12.2. The van der Waals surface area contributed by atoms with Crippen molar-refractivity contribution in [3.05, 3.63) is 17.5 Å². The van der Waals surface area contributed by atoms with Crippen molar-refractivity contribution in [2.24, 2.45) is 5.73 Å². The molecule has 16 heavy (non-hydrogen) atoms. The summed E-state index contributed by atoms with van der Waals surface area (Å²) in [6.07, 6.45) is -0.147. The lowest BCUT2D eigenvalue weighted by Crippen LogP contribution is -2.21. The molecule has 1 atom stereocenters. The van der Waals surface area contributed by atoms with Gasteiger partial charge in [0, 0.05) is 12.8 Å². The van der Waals surface area contributed by atoms with Crippen LogP contribution in [0, 0.1) is 12.3 Å². The van der Waals surface area contributed by atoms with Crippen LogP contribution >= 0.6 is 0 Å². The third kappa shape index (κ3) is 3.47. The Morgan fingerprint density at radius 2 is 2.25 bits per heavy atom. The molecule has 1 aromatic rings. The van der Waals surface area contributed by atoms with Crippen molar-refractivity contribution >= 4 is 5.84 Å². The van der Waals surface area contributed by atoms with E-state index in [4.69, 9.17) is 20.6 Å². The molecule has 0 aliphatic rings. The van der Waals surface area contributed by atoms with Gasteiger partial charge in [0.05, 0.1) is 6.61 Å². The minimum absolute atomic E-state index is 0.102. The molecule has 0 aliphatic heterocycles. The molecule has 1 rings (SSSR count). The van der Waals surface area contributed by atoms with E-state index in [0.29, 0.717) is 18.0 Å². The highest BCUT2D eigenvalue weighted by Crippen LogP contribution is 2.08. The first-order valence-electron chi connectivity index (χ1n) is 4.88. The van der Waals surface area contributed by atoms with Gasteiger partial charge in [0.25, 0.3) is 0 Å². The molecule has 1 unspecified atom stereocenters. The highest BCUT2D eigenvalue weighted by atomic mass is 16.5. The Kier molecular flexibility index (Phi) is 4.19. The van der Waals surface area contributed by atoms with Crippen LogP contribution < -0.4 is 10.5 Å². The van der Waals surface area contributed by atoms with E-state index in [9.17, 15) is 0 Å². The number of nitrogens with one attached hydrogen (secondary N) is 1. The Labute approximate surface area is 94.3 Å². The van der Waals surface area contributed by atoms with Crippen molar-refractivity contribution in [2.75, 3.05) is 13.7 Å². The lowest BCUT2D eigenvalue weighted by atomic mass is 10.3. The molecule has 0 saturated heterocycles. The summed E-state index contributed by atoms with van der Waals surface area (Å²) in [5.74, 6) is -0.102.